The molecule has 0 unspecified atom stereocenters. The molecule has 0 saturated carbocycles. The predicted octanol–water partition coefficient (Wildman–Crippen LogP) is 8.45. The van der Waals surface area contributed by atoms with Gasteiger partial charge in [0.05, 0.1) is 0 Å². The maximum atomic E-state index is 7.64. The average molecular weight is 351 g/mol. The van der Waals surface area contributed by atoms with Crippen LogP contribution in [0.3, 0.4) is 0 Å². The Kier molecular flexibility index (Phi) is 13.5. The molecule has 0 aromatic carbocycles. The molecule has 136 valence electrons. The van der Waals surface area contributed by atoms with Gasteiger partial charge in [-0.3, -0.25) is 0 Å². The zero-order valence-electron chi connectivity index (χ0n) is 16.1. The van der Waals surface area contributed by atoms with E-state index in [1.165, 1.54) is 102 Å². The minimum absolute atomic E-state index is 1.31. The molecule has 0 radical (unpaired) electrons. The van der Waals surface area contributed by atoms with Crippen LogP contribution >= 0.6 is 17.2 Å². The zero-order valence-corrected chi connectivity index (χ0v) is 17.8. The monoisotopic (exact) mass is 350 g/mol. The standard InChI is InChI=1S/C20H44ClP/c1-5-9-13-15-19-22(21,17-11-7-3,18-12-8-4)20-16-14-10-6-2/h5-20H2,1-4H3. The van der Waals surface area contributed by atoms with Crippen molar-refractivity contribution in [2.45, 2.75) is 105 Å². The van der Waals surface area contributed by atoms with Gasteiger partial charge in [0, 0.05) is 0 Å². The van der Waals surface area contributed by atoms with Gasteiger partial charge < -0.3 is 0 Å². The first-order valence-corrected chi connectivity index (χ1v) is 14.1. The van der Waals surface area contributed by atoms with Gasteiger partial charge in [0.2, 0.25) is 0 Å². The molecule has 0 atom stereocenters. The summed E-state index contributed by atoms with van der Waals surface area (Å²) in [6.45, 7) is 9.26. The van der Waals surface area contributed by atoms with Crippen molar-refractivity contribution in [3.63, 3.8) is 0 Å². The van der Waals surface area contributed by atoms with Crippen LogP contribution in [0.15, 0.2) is 0 Å². The minimum atomic E-state index is -1.95. The summed E-state index contributed by atoms with van der Waals surface area (Å²) in [7, 11) is 0. The SMILES string of the molecule is CCCCCCP(Cl)(CCCC)(CCCC)CCCCCC. The van der Waals surface area contributed by atoms with Crippen molar-refractivity contribution in [1.29, 1.82) is 0 Å². The maximum absolute atomic E-state index is 7.64. The van der Waals surface area contributed by atoms with Crippen LogP contribution in [0.5, 0.6) is 0 Å². The Morgan fingerprint density at radius 3 is 1.09 bits per heavy atom. The molecule has 0 fully saturated rings. The third kappa shape index (κ3) is 9.77. The van der Waals surface area contributed by atoms with Crippen LogP contribution in [0.4, 0.5) is 0 Å². The summed E-state index contributed by atoms with van der Waals surface area (Å²) in [6, 6.07) is 0. The van der Waals surface area contributed by atoms with Gasteiger partial charge in [-0.05, 0) is 0 Å². The summed E-state index contributed by atoms with van der Waals surface area (Å²) in [4.78, 5) is 0. The Bertz CT molecular complexity index is 228. The molecular formula is C20H44ClP. The van der Waals surface area contributed by atoms with Crippen molar-refractivity contribution < 1.29 is 0 Å². The molecule has 0 aliphatic carbocycles. The van der Waals surface area contributed by atoms with Gasteiger partial charge >= 0.3 is 147 Å². The van der Waals surface area contributed by atoms with Gasteiger partial charge in [-0.2, -0.15) is 0 Å². The van der Waals surface area contributed by atoms with Crippen LogP contribution in [0.25, 0.3) is 0 Å². The summed E-state index contributed by atoms with van der Waals surface area (Å²) in [5.41, 5.74) is 0. The predicted molar refractivity (Wildman–Crippen MR) is 110 cm³/mol. The molecule has 0 nitrogen and oxygen atoms in total. The Hall–Kier alpha value is 0.720. The fourth-order valence-electron chi connectivity index (χ4n) is 3.64. The summed E-state index contributed by atoms with van der Waals surface area (Å²) in [6.07, 6.45) is 21.8. The molecule has 0 bridgehead atoms. The van der Waals surface area contributed by atoms with E-state index in [1.54, 1.807) is 0 Å². The van der Waals surface area contributed by atoms with E-state index >= 15 is 0 Å². The Morgan fingerprint density at radius 2 is 0.773 bits per heavy atom. The molecule has 0 saturated heterocycles. The summed E-state index contributed by atoms with van der Waals surface area (Å²) in [5.74, 6) is -1.95. The molecule has 0 rings (SSSR count). The van der Waals surface area contributed by atoms with Crippen molar-refractivity contribution in [2.75, 3.05) is 24.6 Å². The first-order valence-electron chi connectivity index (χ1n) is 10.3. The third-order valence-corrected chi connectivity index (χ3v) is 13.0. The van der Waals surface area contributed by atoms with E-state index in [0.29, 0.717) is 0 Å². The number of hydrogen-bond donors (Lipinski definition) is 0. The quantitative estimate of drug-likeness (QED) is 0.193. The van der Waals surface area contributed by atoms with Gasteiger partial charge in [-0.15, -0.1) is 0 Å². The van der Waals surface area contributed by atoms with Gasteiger partial charge in [0.1, 0.15) is 0 Å². The van der Waals surface area contributed by atoms with Crippen molar-refractivity contribution in [1.82, 2.24) is 0 Å². The first kappa shape index (κ1) is 22.7. The fraction of sp³-hybridized carbons (Fsp3) is 1.00. The molecule has 0 heterocycles. The molecule has 0 spiro atoms. The summed E-state index contributed by atoms with van der Waals surface area (Å²) in [5, 5.41) is 0. The van der Waals surface area contributed by atoms with Gasteiger partial charge in [0.25, 0.3) is 0 Å². The molecular weight excluding hydrogens is 307 g/mol. The number of unbranched alkanes of at least 4 members (excludes halogenated alkanes) is 8. The molecule has 22 heavy (non-hydrogen) atoms. The molecule has 0 aliphatic heterocycles. The van der Waals surface area contributed by atoms with Gasteiger partial charge in [0.15, 0.2) is 0 Å². The number of halogens is 1. The van der Waals surface area contributed by atoms with Crippen LogP contribution in [-0.4, -0.2) is 24.6 Å². The summed E-state index contributed by atoms with van der Waals surface area (Å²) < 4.78 is 0. The molecule has 0 aliphatic rings. The van der Waals surface area contributed by atoms with Crippen molar-refractivity contribution >= 4 is 17.2 Å². The van der Waals surface area contributed by atoms with Crippen LogP contribution in [0.2, 0.25) is 0 Å². The van der Waals surface area contributed by atoms with Crippen molar-refractivity contribution in [2.24, 2.45) is 0 Å². The summed E-state index contributed by atoms with van der Waals surface area (Å²) >= 11 is 7.64. The van der Waals surface area contributed by atoms with Crippen LogP contribution in [0.1, 0.15) is 105 Å². The van der Waals surface area contributed by atoms with E-state index in [-0.39, 0.29) is 0 Å². The van der Waals surface area contributed by atoms with Gasteiger partial charge in [-0.25, -0.2) is 0 Å². The molecule has 2 heteroatoms. The second-order valence-corrected chi connectivity index (χ2v) is 15.8. The third-order valence-electron chi connectivity index (χ3n) is 5.28. The second kappa shape index (κ2) is 13.1. The molecule has 0 aromatic heterocycles. The topological polar surface area (TPSA) is 0 Å². The number of rotatable bonds is 16. The molecule has 0 aromatic rings. The Balaban J connectivity index is 4.79. The Morgan fingerprint density at radius 1 is 0.455 bits per heavy atom. The van der Waals surface area contributed by atoms with E-state index in [2.05, 4.69) is 27.7 Å². The van der Waals surface area contributed by atoms with E-state index in [1.807, 2.05) is 0 Å². The second-order valence-electron chi connectivity index (χ2n) is 7.54. The van der Waals surface area contributed by atoms with Crippen molar-refractivity contribution in [3.8, 4) is 0 Å². The molecule has 0 amide bonds. The normalized spacial score (nSPS) is 14.0. The van der Waals surface area contributed by atoms with E-state index in [0.717, 1.165) is 0 Å². The van der Waals surface area contributed by atoms with Crippen LogP contribution in [-0.2, 0) is 0 Å². The van der Waals surface area contributed by atoms with Gasteiger partial charge in [-0.1, -0.05) is 0 Å². The van der Waals surface area contributed by atoms with Crippen LogP contribution in [0, 0.1) is 0 Å². The average Bonchev–Trinajstić information content (AvgIpc) is 2.53. The van der Waals surface area contributed by atoms with E-state index in [9.17, 15) is 0 Å². The molecule has 0 N–H and O–H groups in total. The number of hydrogen-bond acceptors (Lipinski definition) is 0. The van der Waals surface area contributed by atoms with Crippen LogP contribution < -0.4 is 0 Å². The fourth-order valence-corrected chi connectivity index (χ4v) is 10.7. The van der Waals surface area contributed by atoms with E-state index in [4.69, 9.17) is 11.2 Å². The first-order chi connectivity index (χ1) is 10.5. The zero-order chi connectivity index (χ0) is 16.8. The van der Waals surface area contributed by atoms with Crippen molar-refractivity contribution in [3.05, 3.63) is 0 Å². The van der Waals surface area contributed by atoms with E-state index < -0.39 is 5.96 Å². The Labute approximate surface area is 146 Å².